The highest BCUT2D eigenvalue weighted by molar-refractivity contribution is 7.87. The van der Waals surface area contributed by atoms with Gasteiger partial charge in [0.15, 0.2) is 34.7 Å². The van der Waals surface area contributed by atoms with Crippen molar-refractivity contribution in [2.75, 3.05) is 26.3 Å². The molecule has 0 bridgehead atoms. The van der Waals surface area contributed by atoms with E-state index >= 15 is 0 Å². The van der Waals surface area contributed by atoms with Crippen molar-refractivity contribution < 1.29 is 61.2 Å². The van der Waals surface area contributed by atoms with E-state index in [9.17, 15) is 34.8 Å². The average Bonchev–Trinajstić information content (AvgIpc) is 2.66. The second kappa shape index (κ2) is 10.6. The minimum absolute atomic E-state index is 0.234. The van der Waals surface area contributed by atoms with Gasteiger partial charge >= 0.3 is 21.1 Å². The molecule has 0 unspecified atom stereocenters. The molecule has 1 aromatic carbocycles. The molecule has 2 rings (SSSR count). The molecule has 1 saturated heterocycles. The van der Waals surface area contributed by atoms with Gasteiger partial charge in [0.2, 0.25) is 0 Å². The molecule has 16 heteroatoms. The van der Waals surface area contributed by atoms with E-state index < -0.39 is 31.3 Å². The van der Waals surface area contributed by atoms with Crippen LogP contribution in [-0.4, -0.2) is 69.0 Å². The Kier molecular flexibility index (Phi) is 9.26. The maximum atomic E-state index is 12.6. The molecule has 1 aliphatic heterocycles. The van der Waals surface area contributed by atoms with Gasteiger partial charge in [0.25, 0.3) is 0 Å². The Hall–Kier alpha value is -2.17. The van der Waals surface area contributed by atoms with Gasteiger partial charge in [-0.3, -0.25) is 0 Å². The van der Waals surface area contributed by atoms with Crippen LogP contribution >= 0.6 is 0 Å². The number of ether oxygens (including phenoxy) is 1. The summed E-state index contributed by atoms with van der Waals surface area (Å²) in [5.74, 6) is -0.378. The zero-order chi connectivity index (χ0) is 24.8. The van der Waals surface area contributed by atoms with Crippen LogP contribution in [0.15, 0.2) is 36.4 Å². The van der Waals surface area contributed by atoms with E-state index in [4.69, 9.17) is 17.7 Å². The van der Waals surface area contributed by atoms with E-state index in [1.807, 2.05) is 4.58 Å². The normalized spacial score (nSPS) is 16.1. The molecule has 0 saturated carbocycles. The Labute approximate surface area is 179 Å². The van der Waals surface area contributed by atoms with Crippen LogP contribution in [0.1, 0.15) is 12.5 Å². The Morgan fingerprint density at radius 1 is 1.00 bits per heavy atom. The SMILES string of the molecule is CC(/C=C(/OS(=O)(=O)C(F)(F)F)c1ccccc1)=[N+]1CCOCC1.O=S(=O)([O-])C(F)(F)F. The van der Waals surface area contributed by atoms with Gasteiger partial charge in [0.05, 0.1) is 0 Å². The van der Waals surface area contributed by atoms with Crippen LogP contribution in [0.25, 0.3) is 5.76 Å². The van der Waals surface area contributed by atoms with Gasteiger partial charge in [0.1, 0.15) is 13.2 Å². The Bertz CT molecular complexity index is 1040. The lowest BCUT2D eigenvalue weighted by Crippen LogP contribution is -2.32. The third-order valence-corrected chi connectivity index (χ3v) is 5.21. The molecular formula is C16H17F6NO7S2. The number of allylic oxidation sites excluding steroid dienone is 1. The van der Waals surface area contributed by atoms with Crippen LogP contribution in [0.3, 0.4) is 0 Å². The van der Waals surface area contributed by atoms with Crippen LogP contribution in [0.5, 0.6) is 0 Å². The summed E-state index contributed by atoms with van der Waals surface area (Å²) in [6, 6.07) is 7.78. The fraction of sp³-hybridized carbons (Fsp3) is 0.438. The first-order chi connectivity index (χ1) is 14.5. The smallest absolute Gasteiger partial charge is 0.534 e. The lowest BCUT2D eigenvalue weighted by Gasteiger charge is -2.14. The second-order valence-corrected chi connectivity index (χ2v) is 8.91. The predicted octanol–water partition coefficient (Wildman–Crippen LogP) is 2.45. The molecule has 1 fully saturated rings. The van der Waals surface area contributed by atoms with Gasteiger partial charge < -0.3 is 13.5 Å². The topological polar surface area (TPSA) is 113 Å². The summed E-state index contributed by atoms with van der Waals surface area (Å²) in [4.78, 5) is 0. The number of halogens is 6. The molecule has 0 aromatic heterocycles. The third-order valence-electron chi connectivity index (χ3n) is 3.67. The summed E-state index contributed by atoms with van der Waals surface area (Å²) in [6.07, 6.45) is 1.30. The van der Waals surface area contributed by atoms with Crippen LogP contribution in [0.2, 0.25) is 0 Å². The van der Waals surface area contributed by atoms with Gasteiger partial charge in [0, 0.05) is 18.6 Å². The molecule has 0 radical (unpaired) electrons. The van der Waals surface area contributed by atoms with Gasteiger partial charge in [-0.15, -0.1) is 0 Å². The summed E-state index contributed by atoms with van der Waals surface area (Å²) in [5, 5.41) is 0. The van der Waals surface area contributed by atoms with Crippen LogP contribution in [-0.2, 0) is 29.2 Å². The number of hydrogen-bond donors (Lipinski definition) is 0. The molecule has 0 aliphatic carbocycles. The Morgan fingerprint density at radius 3 is 1.88 bits per heavy atom. The summed E-state index contributed by atoms with van der Waals surface area (Å²) in [5.41, 5.74) is -10.3. The van der Waals surface area contributed by atoms with Crippen molar-refractivity contribution >= 4 is 31.7 Å². The van der Waals surface area contributed by atoms with E-state index in [1.165, 1.54) is 18.2 Å². The summed E-state index contributed by atoms with van der Waals surface area (Å²) in [6.45, 7) is 3.80. The molecule has 32 heavy (non-hydrogen) atoms. The second-order valence-electron chi connectivity index (χ2n) is 6.00. The lowest BCUT2D eigenvalue weighted by molar-refractivity contribution is -0.548. The zero-order valence-electron chi connectivity index (χ0n) is 16.2. The molecule has 1 aliphatic rings. The molecule has 0 spiro atoms. The first kappa shape index (κ1) is 27.9. The molecule has 0 N–H and O–H groups in total. The number of alkyl halides is 6. The molecule has 0 atom stereocenters. The van der Waals surface area contributed by atoms with Gasteiger partial charge in [-0.1, -0.05) is 30.3 Å². The molecule has 1 aromatic rings. The maximum absolute atomic E-state index is 12.6. The largest absolute Gasteiger partial charge is 0.741 e. The number of rotatable bonds is 4. The first-order valence-corrected chi connectivity index (χ1v) is 11.2. The van der Waals surface area contributed by atoms with Crippen molar-refractivity contribution in [3.05, 3.63) is 42.0 Å². The van der Waals surface area contributed by atoms with Crippen LogP contribution in [0, 0.1) is 0 Å². The van der Waals surface area contributed by atoms with Crippen LogP contribution < -0.4 is 0 Å². The summed E-state index contributed by atoms with van der Waals surface area (Å²) >= 11 is 0. The van der Waals surface area contributed by atoms with Gasteiger partial charge in [-0.25, -0.2) is 13.0 Å². The van der Waals surface area contributed by atoms with Crippen molar-refractivity contribution in [3.63, 3.8) is 0 Å². The van der Waals surface area contributed by atoms with E-state index in [0.717, 1.165) is 0 Å². The van der Waals surface area contributed by atoms with E-state index in [1.54, 1.807) is 25.1 Å². The minimum Gasteiger partial charge on any atom is -0.741 e. The number of benzene rings is 1. The van der Waals surface area contributed by atoms with Crippen molar-refractivity contribution in [1.82, 2.24) is 0 Å². The zero-order valence-corrected chi connectivity index (χ0v) is 17.8. The molecule has 1 heterocycles. The monoisotopic (exact) mass is 513 g/mol. The van der Waals surface area contributed by atoms with Crippen molar-refractivity contribution in [2.24, 2.45) is 0 Å². The standard InChI is InChI=1S/C15H17F3NO4S.CHF3O3S/c1-12(19-7-9-22-10-8-19)11-14(13-5-3-2-4-6-13)23-24(20,21)15(16,17)18;2-1(3,4)8(5,6)7/h2-6,11H,7-10H2,1H3;(H,5,6,7)/q+1;/p-1/b14-11+;. The quantitative estimate of drug-likeness (QED) is 0.152. The molecule has 182 valence electrons. The van der Waals surface area contributed by atoms with Crippen molar-refractivity contribution in [2.45, 2.75) is 17.9 Å². The Balaban J connectivity index is 0.000000547. The molecular weight excluding hydrogens is 496 g/mol. The fourth-order valence-corrected chi connectivity index (χ4v) is 2.60. The lowest BCUT2D eigenvalue weighted by atomic mass is 10.1. The summed E-state index contributed by atoms with van der Waals surface area (Å²) < 4.78 is 131. The first-order valence-electron chi connectivity index (χ1n) is 8.42. The van der Waals surface area contributed by atoms with E-state index in [-0.39, 0.29) is 11.3 Å². The molecule has 0 amide bonds. The number of morpholine rings is 1. The third kappa shape index (κ3) is 8.40. The molecule has 8 nitrogen and oxygen atoms in total. The number of nitrogens with zero attached hydrogens (tertiary/aromatic N) is 1. The van der Waals surface area contributed by atoms with Gasteiger partial charge in [-0.05, 0) is 0 Å². The fourth-order valence-electron chi connectivity index (χ4n) is 2.12. The van der Waals surface area contributed by atoms with Crippen LogP contribution in [0.4, 0.5) is 26.3 Å². The Morgan fingerprint density at radius 2 is 1.47 bits per heavy atom. The minimum atomic E-state index is -6.09. The van der Waals surface area contributed by atoms with E-state index in [0.29, 0.717) is 32.0 Å². The highest BCUT2D eigenvalue weighted by Gasteiger charge is 2.49. The summed E-state index contributed by atoms with van der Waals surface area (Å²) in [7, 11) is -11.8. The average molecular weight is 513 g/mol. The van der Waals surface area contributed by atoms with Crippen molar-refractivity contribution in [3.8, 4) is 0 Å². The predicted molar refractivity (Wildman–Crippen MR) is 97.7 cm³/mol. The van der Waals surface area contributed by atoms with Crippen molar-refractivity contribution in [1.29, 1.82) is 0 Å². The van der Waals surface area contributed by atoms with E-state index in [2.05, 4.69) is 4.18 Å². The van der Waals surface area contributed by atoms with Gasteiger partial charge in [-0.2, -0.15) is 34.8 Å². The number of hydrogen-bond acceptors (Lipinski definition) is 7. The highest BCUT2D eigenvalue weighted by Crippen LogP contribution is 2.29. The maximum Gasteiger partial charge on any atom is 0.534 e. The highest BCUT2D eigenvalue weighted by atomic mass is 32.2.